The average molecular weight is 272 g/mol. The zero-order chi connectivity index (χ0) is 13.1. The summed E-state index contributed by atoms with van der Waals surface area (Å²) < 4.78 is 5.60. The van der Waals surface area contributed by atoms with Crippen molar-refractivity contribution in [3.63, 3.8) is 0 Å². The fraction of sp³-hybridized carbons (Fsp3) is 0.583. The lowest BCUT2D eigenvalue weighted by molar-refractivity contribution is -0.0423. The van der Waals surface area contributed by atoms with Crippen LogP contribution in [0.25, 0.3) is 0 Å². The van der Waals surface area contributed by atoms with Crippen LogP contribution in [0.15, 0.2) is 12.3 Å². The molecule has 0 bridgehead atoms. The molecule has 1 aliphatic rings. The van der Waals surface area contributed by atoms with Crippen LogP contribution in [0.3, 0.4) is 0 Å². The molecule has 2 unspecified atom stereocenters. The molecule has 18 heavy (non-hydrogen) atoms. The van der Waals surface area contributed by atoms with E-state index >= 15 is 0 Å². The second-order valence-electron chi connectivity index (χ2n) is 4.47. The summed E-state index contributed by atoms with van der Waals surface area (Å²) in [7, 11) is 0. The van der Waals surface area contributed by atoms with Crippen LogP contribution in [0.4, 0.5) is 5.82 Å². The van der Waals surface area contributed by atoms with Gasteiger partial charge in [-0.05, 0) is 18.6 Å². The first kappa shape index (κ1) is 13.5. The number of anilines is 1. The van der Waals surface area contributed by atoms with Crippen molar-refractivity contribution < 1.29 is 9.84 Å². The molecule has 2 atom stereocenters. The van der Waals surface area contributed by atoms with Gasteiger partial charge in [0, 0.05) is 25.8 Å². The number of hydrogen-bond acceptors (Lipinski definition) is 5. The molecule has 1 aliphatic heterocycles. The van der Waals surface area contributed by atoms with Crippen LogP contribution in [0, 0.1) is 0 Å². The lowest BCUT2D eigenvalue weighted by Gasteiger charge is -2.37. The average Bonchev–Trinajstić information content (AvgIpc) is 2.38. The zero-order valence-corrected chi connectivity index (χ0v) is 11.1. The maximum absolute atomic E-state index is 9.22. The van der Waals surface area contributed by atoms with Gasteiger partial charge >= 0.3 is 0 Å². The molecule has 1 saturated heterocycles. The minimum atomic E-state index is -0.201. The summed E-state index contributed by atoms with van der Waals surface area (Å²) in [5, 5.41) is 9.81. The van der Waals surface area contributed by atoms with Gasteiger partial charge in [-0.25, -0.2) is 4.98 Å². The van der Waals surface area contributed by atoms with Gasteiger partial charge in [0.15, 0.2) is 0 Å². The van der Waals surface area contributed by atoms with Gasteiger partial charge < -0.3 is 20.5 Å². The molecule has 100 valence electrons. The summed E-state index contributed by atoms with van der Waals surface area (Å²) in [6.07, 6.45) is 1.54. The van der Waals surface area contributed by atoms with Crippen LogP contribution in [-0.2, 0) is 11.3 Å². The molecule has 5 nitrogen and oxygen atoms in total. The Morgan fingerprint density at radius 2 is 2.39 bits per heavy atom. The van der Waals surface area contributed by atoms with Gasteiger partial charge in [0.25, 0.3) is 0 Å². The van der Waals surface area contributed by atoms with Gasteiger partial charge in [0.1, 0.15) is 5.82 Å². The quantitative estimate of drug-likeness (QED) is 0.850. The monoisotopic (exact) mass is 271 g/mol. The van der Waals surface area contributed by atoms with E-state index in [9.17, 15) is 5.11 Å². The first-order valence-corrected chi connectivity index (χ1v) is 6.38. The molecule has 2 rings (SSSR count). The summed E-state index contributed by atoms with van der Waals surface area (Å²) in [6, 6.07) is 1.82. The highest BCUT2D eigenvalue weighted by Gasteiger charge is 2.27. The van der Waals surface area contributed by atoms with E-state index < -0.39 is 0 Å². The highest BCUT2D eigenvalue weighted by Crippen LogP contribution is 2.28. The third-order valence-corrected chi connectivity index (χ3v) is 3.41. The van der Waals surface area contributed by atoms with E-state index in [2.05, 4.69) is 4.98 Å². The molecule has 0 aliphatic carbocycles. The minimum Gasteiger partial charge on any atom is -0.394 e. The Morgan fingerprint density at radius 3 is 3.06 bits per heavy atom. The van der Waals surface area contributed by atoms with Gasteiger partial charge in [-0.1, -0.05) is 11.6 Å². The Hall–Kier alpha value is -0.880. The molecule has 0 saturated carbocycles. The maximum Gasteiger partial charge on any atom is 0.147 e. The van der Waals surface area contributed by atoms with E-state index in [1.165, 1.54) is 0 Å². The fourth-order valence-electron chi connectivity index (χ4n) is 2.17. The SMILES string of the molecule is CC1CN(c2nccc(CN)c2Cl)CC(CO)O1. The second kappa shape index (κ2) is 5.84. The molecule has 6 heteroatoms. The van der Waals surface area contributed by atoms with E-state index in [0.29, 0.717) is 30.5 Å². The third-order valence-electron chi connectivity index (χ3n) is 3.00. The molecule has 0 aromatic carbocycles. The van der Waals surface area contributed by atoms with Crippen LogP contribution in [-0.4, -0.2) is 42.0 Å². The predicted octanol–water partition coefficient (Wildman–Crippen LogP) is 0.780. The summed E-state index contributed by atoms with van der Waals surface area (Å²) in [6.45, 7) is 3.64. The van der Waals surface area contributed by atoms with Crippen molar-refractivity contribution in [3.8, 4) is 0 Å². The number of pyridine rings is 1. The van der Waals surface area contributed by atoms with E-state index in [-0.39, 0.29) is 18.8 Å². The number of ether oxygens (including phenoxy) is 1. The standard InChI is InChI=1S/C12H18ClN3O2/c1-8-5-16(6-10(7-17)18-8)12-11(13)9(4-14)2-3-15-12/h2-3,8,10,17H,4-7,14H2,1H3. The Labute approximate surface area is 112 Å². The number of hydrogen-bond donors (Lipinski definition) is 2. The summed E-state index contributed by atoms with van der Waals surface area (Å²) in [5.41, 5.74) is 6.51. The number of aromatic nitrogens is 1. The molecular formula is C12H18ClN3O2. The van der Waals surface area contributed by atoms with Crippen molar-refractivity contribution in [2.24, 2.45) is 5.73 Å². The fourth-order valence-corrected chi connectivity index (χ4v) is 2.48. The second-order valence-corrected chi connectivity index (χ2v) is 4.85. The number of halogens is 1. The number of aliphatic hydroxyl groups excluding tert-OH is 1. The van der Waals surface area contributed by atoms with Crippen molar-refractivity contribution in [1.29, 1.82) is 0 Å². The molecule has 2 heterocycles. The molecule has 0 amide bonds. The number of nitrogens with two attached hydrogens (primary N) is 1. The smallest absolute Gasteiger partial charge is 0.147 e. The Kier molecular flexibility index (Phi) is 4.40. The van der Waals surface area contributed by atoms with E-state index in [1.54, 1.807) is 6.20 Å². The molecule has 0 radical (unpaired) electrons. The minimum absolute atomic E-state index is 0.00492. The Morgan fingerprint density at radius 1 is 1.61 bits per heavy atom. The van der Waals surface area contributed by atoms with Gasteiger partial charge in [-0.2, -0.15) is 0 Å². The summed E-state index contributed by atoms with van der Waals surface area (Å²) in [5.74, 6) is 0.716. The first-order chi connectivity index (χ1) is 8.65. The summed E-state index contributed by atoms with van der Waals surface area (Å²) in [4.78, 5) is 6.35. The lowest BCUT2D eigenvalue weighted by Crippen LogP contribution is -2.48. The van der Waals surface area contributed by atoms with Crippen molar-refractivity contribution in [1.82, 2.24) is 4.98 Å². The highest BCUT2D eigenvalue weighted by atomic mass is 35.5. The van der Waals surface area contributed by atoms with Crippen LogP contribution in [0.1, 0.15) is 12.5 Å². The van der Waals surface area contributed by atoms with E-state index in [1.807, 2.05) is 17.9 Å². The summed E-state index contributed by atoms with van der Waals surface area (Å²) >= 11 is 6.29. The molecule has 0 spiro atoms. The molecule has 1 fully saturated rings. The molecule has 1 aromatic rings. The highest BCUT2D eigenvalue weighted by molar-refractivity contribution is 6.33. The maximum atomic E-state index is 9.22. The molecule has 3 N–H and O–H groups in total. The number of rotatable bonds is 3. The van der Waals surface area contributed by atoms with Gasteiger partial charge in [0.2, 0.25) is 0 Å². The van der Waals surface area contributed by atoms with Gasteiger partial charge in [-0.3, -0.25) is 0 Å². The van der Waals surface area contributed by atoms with E-state index in [4.69, 9.17) is 22.1 Å². The number of nitrogens with zero attached hydrogens (tertiary/aromatic N) is 2. The normalized spacial score (nSPS) is 24.3. The van der Waals surface area contributed by atoms with Crippen molar-refractivity contribution >= 4 is 17.4 Å². The van der Waals surface area contributed by atoms with Gasteiger partial charge in [0.05, 0.1) is 23.8 Å². The first-order valence-electron chi connectivity index (χ1n) is 6.00. The van der Waals surface area contributed by atoms with Crippen LogP contribution >= 0.6 is 11.6 Å². The third kappa shape index (κ3) is 2.75. The predicted molar refractivity (Wildman–Crippen MR) is 70.8 cm³/mol. The largest absolute Gasteiger partial charge is 0.394 e. The number of aliphatic hydroxyl groups is 1. The Bertz CT molecular complexity index is 416. The van der Waals surface area contributed by atoms with Crippen molar-refractivity contribution in [2.45, 2.75) is 25.7 Å². The number of morpholine rings is 1. The van der Waals surface area contributed by atoms with E-state index in [0.717, 1.165) is 5.56 Å². The topological polar surface area (TPSA) is 71.6 Å². The Balaban J connectivity index is 2.25. The van der Waals surface area contributed by atoms with Crippen LogP contribution in [0.2, 0.25) is 5.02 Å². The zero-order valence-electron chi connectivity index (χ0n) is 10.3. The van der Waals surface area contributed by atoms with Gasteiger partial charge in [-0.15, -0.1) is 0 Å². The van der Waals surface area contributed by atoms with Crippen molar-refractivity contribution in [3.05, 3.63) is 22.8 Å². The van der Waals surface area contributed by atoms with Crippen LogP contribution < -0.4 is 10.6 Å². The van der Waals surface area contributed by atoms with Crippen LogP contribution in [0.5, 0.6) is 0 Å². The van der Waals surface area contributed by atoms with Crippen molar-refractivity contribution in [2.75, 3.05) is 24.6 Å². The lowest BCUT2D eigenvalue weighted by atomic mass is 10.2. The molecular weight excluding hydrogens is 254 g/mol. The molecule has 1 aromatic heterocycles.